The zero-order valence-corrected chi connectivity index (χ0v) is 15.2. The third-order valence-electron chi connectivity index (χ3n) is 4.45. The molecule has 6 nitrogen and oxygen atoms in total. The summed E-state index contributed by atoms with van der Waals surface area (Å²) in [4.78, 5) is 12.1. The molecule has 2 rings (SSSR count). The van der Waals surface area contributed by atoms with Crippen molar-refractivity contribution in [1.82, 2.24) is 10.5 Å². The highest BCUT2D eigenvalue weighted by Crippen LogP contribution is 2.18. The van der Waals surface area contributed by atoms with Crippen LogP contribution in [-0.4, -0.2) is 28.8 Å². The van der Waals surface area contributed by atoms with E-state index in [9.17, 15) is 9.90 Å². The molecule has 0 aliphatic heterocycles. The van der Waals surface area contributed by atoms with Gasteiger partial charge in [0.2, 0.25) is 0 Å². The SMILES string of the molecule is CCC(C)C(O)CNC(=O)c1ccc(OCc2c(C)noc2C)cc1. The molecule has 2 unspecified atom stereocenters. The molecule has 1 aromatic carbocycles. The van der Waals surface area contributed by atoms with E-state index < -0.39 is 6.10 Å². The van der Waals surface area contributed by atoms with Gasteiger partial charge in [-0.25, -0.2) is 0 Å². The molecule has 1 heterocycles. The van der Waals surface area contributed by atoms with Crippen LogP contribution in [0.5, 0.6) is 5.75 Å². The summed E-state index contributed by atoms with van der Waals surface area (Å²) in [7, 11) is 0. The monoisotopic (exact) mass is 346 g/mol. The van der Waals surface area contributed by atoms with Gasteiger partial charge in [0.1, 0.15) is 18.1 Å². The molecule has 6 heteroatoms. The number of aliphatic hydroxyl groups is 1. The van der Waals surface area contributed by atoms with E-state index in [0.29, 0.717) is 17.9 Å². The third-order valence-corrected chi connectivity index (χ3v) is 4.45. The molecule has 0 saturated heterocycles. The second-order valence-electron chi connectivity index (χ2n) is 6.28. The van der Waals surface area contributed by atoms with E-state index in [2.05, 4.69) is 10.5 Å². The number of aryl methyl sites for hydroxylation is 2. The average Bonchev–Trinajstić information content (AvgIpc) is 2.95. The van der Waals surface area contributed by atoms with Crippen molar-refractivity contribution in [2.45, 2.75) is 46.8 Å². The highest BCUT2D eigenvalue weighted by Gasteiger charge is 2.14. The Hall–Kier alpha value is -2.34. The van der Waals surface area contributed by atoms with Crippen molar-refractivity contribution in [1.29, 1.82) is 0 Å². The van der Waals surface area contributed by atoms with Gasteiger partial charge in [-0.05, 0) is 44.0 Å². The second-order valence-corrected chi connectivity index (χ2v) is 6.28. The van der Waals surface area contributed by atoms with Crippen molar-refractivity contribution in [2.24, 2.45) is 5.92 Å². The molecule has 0 bridgehead atoms. The van der Waals surface area contributed by atoms with Crippen LogP contribution in [0.15, 0.2) is 28.8 Å². The van der Waals surface area contributed by atoms with Gasteiger partial charge in [0.05, 0.1) is 17.4 Å². The Bertz CT molecular complexity index is 674. The molecular weight excluding hydrogens is 320 g/mol. The van der Waals surface area contributed by atoms with Crippen molar-refractivity contribution in [3.63, 3.8) is 0 Å². The Kier molecular flexibility index (Phi) is 6.58. The van der Waals surface area contributed by atoms with Crippen molar-refractivity contribution < 1.29 is 19.2 Å². The van der Waals surface area contributed by atoms with Crippen LogP contribution in [0.3, 0.4) is 0 Å². The van der Waals surface area contributed by atoms with Crippen LogP contribution >= 0.6 is 0 Å². The number of benzene rings is 1. The molecular formula is C19H26N2O4. The summed E-state index contributed by atoms with van der Waals surface area (Å²) in [5, 5.41) is 16.6. The molecule has 2 atom stereocenters. The lowest BCUT2D eigenvalue weighted by Gasteiger charge is -2.17. The topological polar surface area (TPSA) is 84.6 Å². The normalized spacial score (nSPS) is 13.3. The fraction of sp³-hybridized carbons (Fsp3) is 0.474. The molecule has 0 saturated carbocycles. The highest BCUT2D eigenvalue weighted by molar-refractivity contribution is 5.94. The smallest absolute Gasteiger partial charge is 0.251 e. The standard InChI is InChI=1S/C19H26N2O4/c1-5-12(2)18(22)10-20-19(23)15-6-8-16(9-7-15)24-11-17-13(3)21-25-14(17)4/h6-9,12,18,22H,5,10-11H2,1-4H3,(H,20,23). The number of carbonyl (C=O) groups is 1. The molecule has 2 aromatic rings. The van der Waals surface area contributed by atoms with E-state index in [1.807, 2.05) is 27.7 Å². The number of carbonyl (C=O) groups excluding carboxylic acids is 1. The Balaban J connectivity index is 1.87. The molecule has 136 valence electrons. The van der Waals surface area contributed by atoms with E-state index in [1.54, 1.807) is 24.3 Å². The number of amides is 1. The first-order valence-electron chi connectivity index (χ1n) is 8.53. The van der Waals surface area contributed by atoms with Crippen LogP contribution in [0.1, 0.15) is 47.6 Å². The van der Waals surface area contributed by atoms with Crippen molar-refractivity contribution in [2.75, 3.05) is 6.54 Å². The number of aliphatic hydroxyl groups excluding tert-OH is 1. The van der Waals surface area contributed by atoms with Gasteiger partial charge in [0.25, 0.3) is 5.91 Å². The van der Waals surface area contributed by atoms with Gasteiger partial charge < -0.3 is 19.7 Å². The molecule has 0 radical (unpaired) electrons. The van der Waals surface area contributed by atoms with Crippen LogP contribution in [0.2, 0.25) is 0 Å². The third kappa shape index (κ3) is 5.06. The number of nitrogens with one attached hydrogen (secondary N) is 1. The minimum Gasteiger partial charge on any atom is -0.489 e. The fourth-order valence-electron chi connectivity index (χ4n) is 2.34. The minimum absolute atomic E-state index is 0.153. The Morgan fingerprint density at radius 2 is 2.00 bits per heavy atom. The molecule has 0 spiro atoms. The van der Waals surface area contributed by atoms with Crippen LogP contribution in [0, 0.1) is 19.8 Å². The molecule has 0 fully saturated rings. The quantitative estimate of drug-likeness (QED) is 0.767. The largest absolute Gasteiger partial charge is 0.489 e. The first-order chi connectivity index (χ1) is 11.9. The Labute approximate surface area is 148 Å². The first-order valence-corrected chi connectivity index (χ1v) is 8.53. The molecule has 2 N–H and O–H groups in total. The van der Waals surface area contributed by atoms with Gasteiger partial charge in [0, 0.05) is 12.1 Å². The lowest BCUT2D eigenvalue weighted by atomic mass is 10.0. The van der Waals surface area contributed by atoms with Crippen LogP contribution in [-0.2, 0) is 6.61 Å². The summed E-state index contributed by atoms with van der Waals surface area (Å²) in [5.41, 5.74) is 2.27. The summed E-state index contributed by atoms with van der Waals surface area (Å²) >= 11 is 0. The highest BCUT2D eigenvalue weighted by atomic mass is 16.5. The fourth-order valence-corrected chi connectivity index (χ4v) is 2.34. The molecule has 1 amide bonds. The van der Waals surface area contributed by atoms with Crippen molar-refractivity contribution >= 4 is 5.91 Å². The second kappa shape index (κ2) is 8.67. The number of nitrogens with zero attached hydrogens (tertiary/aromatic N) is 1. The number of hydrogen-bond acceptors (Lipinski definition) is 5. The predicted molar refractivity (Wildman–Crippen MR) is 94.5 cm³/mol. The lowest BCUT2D eigenvalue weighted by Crippen LogP contribution is -2.35. The average molecular weight is 346 g/mol. The summed E-state index contributed by atoms with van der Waals surface area (Å²) in [6.07, 6.45) is 0.334. The minimum atomic E-state index is -0.536. The molecule has 25 heavy (non-hydrogen) atoms. The number of aromatic nitrogens is 1. The zero-order chi connectivity index (χ0) is 18.4. The van der Waals surface area contributed by atoms with E-state index in [1.165, 1.54) is 0 Å². The van der Waals surface area contributed by atoms with Gasteiger partial charge >= 0.3 is 0 Å². The van der Waals surface area contributed by atoms with E-state index in [0.717, 1.165) is 23.4 Å². The molecule has 1 aromatic heterocycles. The zero-order valence-electron chi connectivity index (χ0n) is 15.2. The van der Waals surface area contributed by atoms with Crippen LogP contribution < -0.4 is 10.1 Å². The maximum Gasteiger partial charge on any atom is 0.251 e. The number of ether oxygens (including phenoxy) is 1. The van der Waals surface area contributed by atoms with E-state index >= 15 is 0 Å². The number of hydrogen-bond donors (Lipinski definition) is 2. The first kappa shape index (κ1) is 19.0. The predicted octanol–water partition coefficient (Wildman–Crippen LogP) is 3.01. The lowest BCUT2D eigenvalue weighted by molar-refractivity contribution is 0.0850. The van der Waals surface area contributed by atoms with Crippen molar-refractivity contribution in [3.05, 3.63) is 46.8 Å². The van der Waals surface area contributed by atoms with Crippen LogP contribution in [0.25, 0.3) is 0 Å². The maximum absolute atomic E-state index is 12.1. The van der Waals surface area contributed by atoms with Gasteiger partial charge in [-0.1, -0.05) is 25.4 Å². The van der Waals surface area contributed by atoms with Crippen LogP contribution in [0.4, 0.5) is 0 Å². The van der Waals surface area contributed by atoms with Gasteiger partial charge in [0.15, 0.2) is 0 Å². The number of rotatable bonds is 8. The van der Waals surface area contributed by atoms with E-state index in [4.69, 9.17) is 9.26 Å². The Morgan fingerprint density at radius 3 is 2.56 bits per heavy atom. The van der Waals surface area contributed by atoms with Gasteiger partial charge in [-0.15, -0.1) is 0 Å². The van der Waals surface area contributed by atoms with E-state index in [-0.39, 0.29) is 18.4 Å². The summed E-state index contributed by atoms with van der Waals surface area (Å²) in [5.74, 6) is 1.35. The molecule has 0 aliphatic rings. The van der Waals surface area contributed by atoms with Gasteiger partial charge in [-0.2, -0.15) is 0 Å². The summed E-state index contributed by atoms with van der Waals surface area (Å²) < 4.78 is 10.8. The maximum atomic E-state index is 12.1. The molecule has 0 aliphatic carbocycles. The van der Waals surface area contributed by atoms with Gasteiger partial charge in [-0.3, -0.25) is 4.79 Å². The summed E-state index contributed by atoms with van der Waals surface area (Å²) in [6.45, 7) is 8.31. The Morgan fingerprint density at radius 1 is 1.32 bits per heavy atom. The van der Waals surface area contributed by atoms with Crippen molar-refractivity contribution in [3.8, 4) is 5.75 Å². The summed E-state index contributed by atoms with van der Waals surface area (Å²) in [6, 6.07) is 6.90.